The van der Waals surface area contributed by atoms with Crippen molar-refractivity contribution in [2.24, 2.45) is 0 Å². The summed E-state index contributed by atoms with van der Waals surface area (Å²) in [5.41, 5.74) is 0. The molecule has 2 heterocycles. The van der Waals surface area contributed by atoms with E-state index in [1.165, 1.54) is 11.8 Å². The quantitative estimate of drug-likeness (QED) is 0.930. The first-order valence-electron chi connectivity index (χ1n) is 3.88. The Morgan fingerprint density at radius 3 is 2.71 bits per heavy atom. The van der Waals surface area contributed by atoms with Crippen molar-refractivity contribution in [2.45, 2.75) is 8.96 Å². The van der Waals surface area contributed by atoms with Crippen LogP contribution in [0.2, 0.25) is 0 Å². The first kappa shape index (κ1) is 10.5. The Morgan fingerprint density at radius 2 is 2.36 bits per heavy atom. The number of aliphatic carboxylic acids is 1. The van der Waals surface area contributed by atoms with Crippen LogP contribution in [0, 0.1) is 0 Å². The maximum absolute atomic E-state index is 11.0. The van der Waals surface area contributed by atoms with Crippen molar-refractivity contribution in [3.8, 4) is 0 Å². The SMILES string of the molecule is O=C(O)C1(Sc2ccc(Br)s2)COC1. The van der Waals surface area contributed by atoms with E-state index in [0.717, 1.165) is 8.00 Å². The van der Waals surface area contributed by atoms with Gasteiger partial charge in [0, 0.05) is 0 Å². The Morgan fingerprint density at radius 1 is 1.64 bits per heavy atom. The van der Waals surface area contributed by atoms with E-state index < -0.39 is 10.7 Å². The summed E-state index contributed by atoms with van der Waals surface area (Å²) in [5, 5.41) is 9.04. The van der Waals surface area contributed by atoms with Crippen LogP contribution in [0.3, 0.4) is 0 Å². The minimum absolute atomic E-state index is 0.294. The second-order valence-corrected chi connectivity index (χ2v) is 7.10. The molecule has 0 aromatic carbocycles. The zero-order valence-electron chi connectivity index (χ0n) is 7.03. The molecule has 0 atom stereocenters. The van der Waals surface area contributed by atoms with Crippen LogP contribution in [0.1, 0.15) is 0 Å². The molecule has 0 radical (unpaired) electrons. The number of carbonyl (C=O) groups is 1. The first-order chi connectivity index (χ1) is 6.62. The number of carboxylic acids is 1. The molecule has 3 nitrogen and oxygen atoms in total. The number of thioether (sulfide) groups is 1. The second kappa shape index (κ2) is 3.84. The van der Waals surface area contributed by atoms with Crippen LogP contribution in [0.5, 0.6) is 0 Å². The number of hydrogen-bond donors (Lipinski definition) is 1. The average Bonchev–Trinajstić information content (AvgIpc) is 2.43. The first-order valence-corrected chi connectivity index (χ1v) is 6.30. The minimum Gasteiger partial charge on any atom is -0.480 e. The normalized spacial score (nSPS) is 18.9. The summed E-state index contributed by atoms with van der Waals surface area (Å²) in [6.07, 6.45) is 0. The van der Waals surface area contributed by atoms with Gasteiger partial charge in [0.1, 0.15) is 0 Å². The number of thiophene rings is 1. The van der Waals surface area contributed by atoms with Crippen LogP contribution in [0.25, 0.3) is 0 Å². The number of hydrogen-bond acceptors (Lipinski definition) is 4. The monoisotopic (exact) mass is 294 g/mol. The van der Waals surface area contributed by atoms with E-state index >= 15 is 0 Å². The highest BCUT2D eigenvalue weighted by atomic mass is 79.9. The fraction of sp³-hybridized carbons (Fsp3) is 0.375. The lowest BCUT2D eigenvalue weighted by atomic mass is 10.1. The molecule has 76 valence electrons. The van der Waals surface area contributed by atoms with E-state index in [-0.39, 0.29) is 0 Å². The van der Waals surface area contributed by atoms with Gasteiger partial charge in [-0.25, -0.2) is 0 Å². The van der Waals surface area contributed by atoms with Gasteiger partial charge in [0.2, 0.25) is 0 Å². The predicted octanol–water partition coefficient (Wildman–Crippen LogP) is 2.46. The van der Waals surface area contributed by atoms with Crippen LogP contribution in [0.15, 0.2) is 20.1 Å². The van der Waals surface area contributed by atoms with Crippen LogP contribution in [-0.2, 0) is 9.53 Å². The molecule has 1 N–H and O–H groups in total. The highest BCUT2D eigenvalue weighted by molar-refractivity contribution is 9.11. The van der Waals surface area contributed by atoms with Gasteiger partial charge < -0.3 is 9.84 Å². The number of halogens is 1. The van der Waals surface area contributed by atoms with Gasteiger partial charge >= 0.3 is 5.97 Å². The smallest absolute Gasteiger partial charge is 0.324 e. The zero-order valence-corrected chi connectivity index (χ0v) is 10.2. The molecule has 1 fully saturated rings. The average molecular weight is 295 g/mol. The molecule has 1 aromatic rings. The fourth-order valence-corrected chi connectivity index (χ4v) is 4.31. The Labute approximate surface area is 97.6 Å². The van der Waals surface area contributed by atoms with E-state index in [4.69, 9.17) is 9.84 Å². The van der Waals surface area contributed by atoms with E-state index in [9.17, 15) is 4.79 Å². The topological polar surface area (TPSA) is 46.5 Å². The van der Waals surface area contributed by atoms with Gasteiger partial charge in [-0.1, -0.05) is 11.8 Å². The Bertz CT molecular complexity index is 359. The van der Waals surface area contributed by atoms with Crippen LogP contribution < -0.4 is 0 Å². The third-order valence-corrected chi connectivity index (χ3v) is 4.96. The third kappa shape index (κ3) is 1.84. The maximum atomic E-state index is 11.0. The minimum atomic E-state index is -0.793. The van der Waals surface area contributed by atoms with Crippen molar-refractivity contribution in [1.29, 1.82) is 0 Å². The summed E-state index contributed by atoms with van der Waals surface area (Å²) in [5.74, 6) is -0.793. The largest absolute Gasteiger partial charge is 0.480 e. The molecule has 0 bridgehead atoms. The summed E-state index contributed by atoms with van der Waals surface area (Å²) >= 11 is 6.26. The summed E-state index contributed by atoms with van der Waals surface area (Å²) in [6.45, 7) is 0.588. The molecular formula is C8H7BrO3S2. The molecule has 1 aliphatic heterocycles. The lowest BCUT2D eigenvalue weighted by Gasteiger charge is -2.35. The molecule has 1 aliphatic rings. The van der Waals surface area contributed by atoms with Crippen molar-refractivity contribution >= 4 is 45.0 Å². The molecule has 2 rings (SSSR count). The lowest BCUT2D eigenvalue weighted by Crippen LogP contribution is -2.52. The van der Waals surface area contributed by atoms with Crippen molar-refractivity contribution in [1.82, 2.24) is 0 Å². The van der Waals surface area contributed by atoms with Crippen LogP contribution in [-0.4, -0.2) is 29.0 Å². The van der Waals surface area contributed by atoms with Crippen LogP contribution >= 0.6 is 39.0 Å². The lowest BCUT2D eigenvalue weighted by molar-refractivity contribution is -0.151. The van der Waals surface area contributed by atoms with Crippen molar-refractivity contribution < 1.29 is 14.6 Å². The standard InChI is InChI=1S/C8H7BrO3S2/c9-5-1-2-6(13-5)14-8(7(10)11)3-12-4-8/h1-2H,3-4H2,(H,10,11). The van der Waals surface area contributed by atoms with Crippen molar-refractivity contribution in [3.63, 3.8) is 0 Å². The molecule has 14 heavy (non-hydrogen) atoms. The highest BCUT2D eigenvalue weighted by Crippen LogP contribution is 2.42. The van der Waals surface area contributed by atoms with E-state index in [0.29, 0.717) is 13.2 Å². The van der Waals surface area contributed by atoms with Gasteiger partial charge in [0.05, 0.1) is 21.2 Å². The van der Waals surface area contributed by atoms with Gasteiger partial charge in [-0.05, 0) is 28.1 Å². The van der Waals surface area contributed by atoms with Gasteiger partial charge in [-0.2, -0.15) is 0 Å². The summed E-state index contributed by atoms with van der Waals surface area (Å²) < 4.78 is 6.23. The van der Waals surface area contributed by atoms with Crippen molar-refractivity contribution in [3.05, 3.63) is 15.9 Å². The molecule has 0 amide bonds. The Balaban J connectivity index is 2.12. The fourth-order valence-electron chi connectivity index (χ4n) is 1.06. The molecule has 1 saturated heterocycles. The van der Waals surface area contributed by atoms with E-state index in [1.54, 1.807) is 11.3 Å². The number of carboxylic acid groups (broad SMARTS) is 1. The van der Waals surface area contributed by atoms with Gasteiger partial charge in [-0.15, -0.1) is 11.3 Å². The molecule has 6 heteroatoms. The second-order valence-electron chi connectivity index (χ2n) is 2.95. The third-order valence-electron chi connectivity index (χ3n) is 1.90. The predicted molar refractivity (Wildman–Crippen MR) is 59.1 cm³/mol. The number of ether oxygens (including phenoxy) is 1. The molecule has 1 aromatic heterocycles. The molecule has 0 saturated carbocycles. The van der Waals surface area contributed by atoms with Crippen molar-refractivity contribution in [2.75, 3.05) is 13.2 Å². The summed E-state index contributed by atoms with van der Waals surface area (Å²) in [6, 6.07) is 3.84. The van der Waals surface area contributed by atoms with Gasteiger partial charge in [-0.3, -0.25) is 4.79 Å². The summed E-state index contributed by atoms with van der Waals surface area (Å²) in [4.78, 5) is 11.0. The highest BCUT2D eigenvalue weighted by Gasteiger charge is 2.47. The summed E-state index contributed by atoms with van der Waals surface area (Å²) in [7, 11) is 0. The zero-order chi connectivity index (χ0) is 10.2. The molecule has 0 unspecified atom stereocenters. The van der Waals surface area contributed by atoms with Crippen LogP contribution in [0.4, 0.5) is 0 Å². The van der Waals surface area contributed by atoms with E-state index in [1.807, 2.05) is 12.1 Å². The molecule has 0 spiro atoms. The van der Waals surface area contributed by atoms with E-state index in [2.05, 4.69) is 15.9 Å². The van der Waals surface area contributed by atoms with Gasteiger partial charge in [0.25, 0.3) is 0 Å². The van der Waals surface area contributed by atoms with Gasteiger partial charge in [0.15, 0.2) is 4.75 Å². The Kier molecular flexibility index (Phi) is 2.88. The maximum Gasteiger partial charge on any atom is 0.324 e. The molecular weight excluding hydrogens is 288 g/mol. The number of rotatable bonds is 3. The molecule has 0 aliphatic carbocycles. The Hall–Kier alpha value is -0.0400.